The minimum atomic E-state index is -0.635. The summed E-state index contributed by atoms with van der Waals surface area (Å²) in [4.78, 5) is 52.1. The van der Waals surface area contributed by atoms with Gasteiger partial charge in [0.05, 0.1) is 12.8 Å². The highest BCUT2D eigenvalue weighted by Crippen LogP contribution is 2.27. The summed E-state index contributed by atoms with van der Waals surface area (Å²) in [5.74, 6) is -0.655. The van der Waals surface area contributed by atoms with Crippen molar-refractivity contribution in [2.45, 2.75) is 59.9 Å². The van der Waals surface area contributed by atoms with Crippen molar-refractivity contribution in [1.82, 2.24) is 19.8 Å². The molecule has 1 unspecified atom stereocenters. The number of ether oxygens (including phenoxy) is 1. The quantitative estimate of drug-likeness (QED) is 0.597. The Bertz CT molecular complexity index is 1090. The molecule has 2 heterocycles. The van der Waals surface area contributed by atoms with E-state index in [0.29, 0.717) is 37.6 Å². The Morgan fingerprint density at radius 3 is 2.29 bits per heavy atom. The number of amides is 2. The van der Waals surface area contributed by atoms with Gasteiger partial charge in [-0.1, -0.05) is 65.0 Å². The maximum absolute atomic E-state index is 13.8. The van der Waals surface area contributed by atoms with E-state index in [1.165, 1.54) is 7.11 Å². The Balaban J connectivity index is 1.98. The van der Waals surface area contributed by atoms with E-state index in [1.807, 2.05) is 76.8 Å². The monoisotopic (exact) mass is 480 g/mol. The van der Waals surface area contributed by atoms with Crippen LogP contribution in [0.25, 0.3) is 11.4 Å². The fraction of sp³-hybridized carbons (Fsp3) is 0.519. The van der Waals surface area contributed by atoms with Gasteiger partial charge in [-0.3, -0.25) is 9.59 Å². The summed E-state index contributed by atoms with van der Waals surface area (Å²) in [5.41, 5.74) is 1.26. The van der Waals surface area contributed by atoms with Crippen molar-refractivity contribution in [2.75, 3.05) is 26.7 Å². The number of esters is 1. The highest BCUT2D eigenvalue weighted by atomic mass is 16.5. The third-order valence-electron chi connectivity index (χ3n) is 6.02. The summed E-state index contributed by atoms with van der Waals surface area (Å²) < 4.78 is 5.02. The number of nitrogens with zero attached hydrogens (tertiary/aromatic N) is 4. The molecular weight excluding hydrogens is 444 g/mol. The minimum Gasteiger partial charge on any atom is -0.465 e. The lowest BCUT2D eigenvalue weighted by atomic mass is 9.91. The fourth-order valence-corrected chi connectivity index (χ4v) is 4.29. The van der Waals surface area contributed by atoms with Gasteiger partial charge < -0.3 is 14.5 Å². The molecule has 3 rings (SSSR count). The molecule has 0 bridgehead atoms. The first-order valence-corrected chi connectivity index (χ1v) is 12.1. The predicted octanol–water partition coefficient (Wildman–Crippen LogP) is 4.16. The average Bonchev–Trinajstić information content (AvgIpc) is 2.81. The second-order valence-electron chi connectivity index (χ2n) is 10.6. The lowest BCUT2D eigenvalue weighted by Crippen LogP contribution is -2.56. The van der Waals surface area contributed by atoms with Gasteiger partial charge in [0.2, 0.25) is 5.91 Å². The molecule has 1 atom stereocenters. The van der Waals surface area contributed by atoms with Crippen LogP contribution in [0.2, 0.25) is 0 Å². The largest absolute Gasteiger partial charge is 0.465 e. The van der Waals surface area contributed by atoms with Crippen LogP contribution in [0.1, 0.15) is 80.4 Å². The number of benzene rings is 1. The summed E-state index contributed by atoms with van der Waals surface area (Å²) in [6.45, 7) is 13.0. The van der Waals surface area contributed by atoms with Crippen LogP contribution in [-0.4, -0.2) is 70.3 Å². The third kappa shape index (κ3) is 6.05. The van der Waals surface area contributed by atoms with Gasteiger partial charge in [-0.2, -0.15) is 0 Å². The number of aromatic nitrogens is 2. The Labute approximate surface area is 207 Å². The van der Waals surface area contributed by atoms with Crippen LogP contribution in [0, 0.1) is 5.41 Å². The van der Waals surface area contributed by atoms with Gasteiger partial charge in [0.15, 0.2) is 5.82 Å². The van der Waals surface area contributed by atoms with Crippen molar-refractivity contribution in [3.05, 3.63) is 47.3 Å². The molecule has 1 aliphatic heterocycles. The van der Waals surface area contributed by atoms with E-state index in [-0.39, 0.29) is 40.4 Å². The highest BCUT2D eigenvalue weighted by Gasteiger charge is 2.35. The zero-order valence-corrected chi connectivity index (χ0v) is 21.8. The number of carbonyl (C=O) groups is 3. The second kappa shape index (κ2) is 10.5. The molecule has 0 spiro atoms. The number of hydrogen-bond donors (Lipinski definition) is 0. The number of piperazine rings is 1. The van der Waals surface area contributed by atoms with Gasteiger partial charge in [-0.05, 0) is 18.3 Å². The van der Waals surface area contributed by atoms with Gasteiger partial charge in [-0.15, -0.1) is 0 Å². The molecule has 2 aromatic rings. The molecule has 35 heavy (non-hydrogen) atoms. The first-order chi connectivity index (χ1) is 16.4. The Kier molecular flexibility index (Phi) is 7.93. The van der Waals surface area contributed by atoms with Gasteiger partial charge in [-0.25, -0.2) is 14.8 Å². The summed E-state index contributed by atoms with van der Waals surface area (Å²) in [6, 6.07) is 9.23. The van der Waals surface area contributed by atoms with Crippen LogP contribution in [0.3, 0.4) is 0 Å². The molecule has 8 heteroatoms. The van der Waals surface area contributed by atoms with Crippen LogP contribution in [-0.2, 0) is 9.53 Å². The van der Waals surface area contributed by atoms with Gasteiger partial charge in [0.25, 0.3) is 5.91 Å². The predicted molar refractivity (Wildman–Crippen MR) is 134 cm³/mol. The Morgan fingerprint density at radius 1 is 1.09 bits per heavy atom. The molecular formula is C27H36N4O4. The van der Waals surface area contributed by atoms with Crippen molar-refractivity contribution in [3.63, 3.8) is 0 Å². The van der Waals surface area contributed by atoms with Crippen molar-refractivity contribution in [1.29, 1.82) is 0 Å². The van der Waals surface area contributed by atoms with E-state index < -0.39 is 5.97 Å². The molecule has 1 aromatic heterocycles. The Morgan fingerprint density at radius 2 is 1.74 bits per heavy atom. The maximum atomic E-state index is 13.8. The van der Waals surface area contributed by atoms with E-state index in [4.69, 9.17) is 4.74 Å². The van der Waals surface area contributed by atoms with E-state index in [1.54, 1.807) is 4.90 Å². The molecule has 1 fully saturated rings. The number of rotatable bonds is 5. The molecule has 0 aliphatic carbocycles. The second-order valence-corrected chi connectivity index (χ2v) is 10.6. The standard InChI is InChI=1S/C27H36N4O4/c1-17(2)22-21(26(34)35-7)23(29-24(28-22)19-11-9-8-10-12-19)25(33)30-13-14-31(18(3)16-30)20(32)15-27(4,5)6/h8-12,17-18H,13-16H2,1-7H3. The lowest BCUT2D eigenvalue weighted by molar-refractivity contribution is -0.137. The van der Waals surface area contributed by atoms with Crippen LogP contribution >= 0.6 is 0 Å². The number of hydrogen-bond acceptors (Lipinski definition) is 6. The van der Waals surface area contributed by atoms with Crippen LogP contribution < -0.4 is 0 Å². The van der Waals surface area contributed by atoms with Crippen LogP contribution in [0.15, 0.2) is 30.3 Å². The fourth-order valence-electron chi connectivity index (χ4n) is 4.29. The molecule has 188 valence electrons. The van der Waals surface area contributed by atoms with Crippen molar-refractivity contribution in [2.24, 2.45) is 5.41 Å². The SMILES string of the molecule is COC(=O)c1c(C(=O)N2CCN(C(=O)CC(C)(C)C)C(C)C2)nc(-c2ccccc2)nc1C(C)C. The zero-order valence-electron chi connectivity index (χ0n) is 21.8. The molecule has 1 aliphatic rings. The summed E-state index contributed by atoms with van der Waals surface area (Å²) in [6.07, 6.45) is 0.446. The minimum absolute atomic E-state index is 0.0380. The van der Waals surface area contributed by atoms with Crippen LogP contribution in [0.4, 0.5) is 0 Å². The molecule has 0 saturated carbocycles. The molecule has 1 saturated heterocycles. The lowest BCUT2D eigenvalue weighted by Gasteiger charge is -2.40. The first kappa shape index (κ1) is 26.3. The third-order valence-corrected chi connectivity index (χ3v) is 6.02. The maximum Gasteiger partial charge on any atom is 0.342 e. The summed E-state index contributed by atoms with van der Waals surface area (Å²) in [5, 5.41) is 0. The van der Waals surface area contributed by atoms with Gasteiger partial charge in [0, 0.05) is 37.7 Å². The number of carbonyl (C=O) groups excluding carboxylic acids is 3. The van der Waals surface area contributed by atoms with E-state index in [9.17, 15) is 14.4 Å². The highest BCUT2D eigenvalue weighted by molar-refractivity contribution is 6.05. The first-order valence-electron chi connectivity index (χ1n) is 12.1. The number of methoxy groups -OCH3 is 1. The normalized spacial score (nSPS) is 16.4. The molecule has 0 N–H and O–H groups in total. The average molecular weight is 481 g/mol. The van der Waals surface area contributed by atoms with E-state index in [2.05, 4.69) is 9.97 Å². The molecule has 0 radical (unpaired) electrons. The molecule has 1 aromatic carbocycles. The molecule has 8 nitrogen and oxygen atoms in total. The van der Waals surface area contributed by atoms with Crippen molar-refractivity contribution >= 4 is 17.8 Å². The zero-order chi connectivity index (χ0) is 25.9. The topological polar surface area (TPSA) is 92.7 Å². The van der Waals surface area contributed by atoms with Gasteiger partial charge in [0.1, 0.15) is 11.3 Å². The van der Waals surface area contributed by atoms with E-state index in [0.717, 1.165) is 5.56 Å². The summed E-state index contributed by atoms with van der Waals surface area (Å²) in [7, 11) is 1.29. The van der Waals surface area contributed by atoms with Crippen molar-refractivity contribution < 1.29 is 19.1 Å². The molecule has 2 amide bonds. The van der Waals surface area contributed by atoms with Gasteiger partial charge >= 0.3 is 5.97 Å². The van der Waals surface area contributed by atoms with E-state index >= 15 is 0 Å². The smallest absolute Gasteiger partial charge is 0.342 e. The van der Waals surface area contributed by atoms with Crippen molar-refractivity contribution in [3.8, 4) is 11.4 Å². The summed E-state index contributed by atoms with van der Waals surface area (Å²) >= 11 is 0. The van der Waals surface area contributed by atoms with Crippen LogP contribution in [0.5, 0.6) is 0 Å². The Hall–Kier alpha value is -3.29.